The number of unbranched alkanes of at least 4 members (excludes halogenated alkanes) is 3. The smallest absolute Gasteiger partial charge is 0.410 e. The summed E-state index contributed by atoms with van der Waals surface area (Å²) in [5.74, 6) is 0. The minimum absolute atomic E-state index is 0.192. The molecular weight excluding hydrogens is 366 g/mol. The third-order valence-electron chi connectivity index (χ3n) is 6.14. The summed E-state index contributed by atoms with van der Waals surface area (Å²) in [6, 6.07) is 0. The van der Waals surface area contributed by atoms with Gasteiger partial charge in [0.15, 0.2) is 9.04 Å². The maximum atomic E-state index is 12.4. The Kier molecular flexibility index (Phi) is 11.1. The van der Waals surface area contributed by atoms with E-state index in [9.17, 15) is 4.79 Å². The van der Waals surface area contributed by atoms with Crippen LogP contribution in [0.15, 0.2) is 0 Å². The number of carbonyl (C=O) groups is 1. The Morgan fingerprint density at radius 2 is 1.50 bits per heavy atom. The third-order valence-corrected chi connectivity index (χ3v) is 9.52. The van der Waals surface area contributed by atoms with Crippen molar-refractivity contribution < 1.29 is 14.0 Å². The molecule has 1 amide bonds. The number of likely N-dealkylation sites (tertiary alicyclic amines) is 1. The van der Waals surface area contributed by atoms with Crippen LogP contribution in [0.2, 0.25) is 11.6 Å². The summed E-state index contributed by atoms with van der Waals surface area (Å²) in [6.45, 7) is 16.5. The quantitative estimate of drug-likeness (QED) is 0.335. The van der Waals surface area contributed by atoms with E-state index in [2.05, 4.69) is 27.3 Å². The Bertz CT molecular complexity index is 428. The number of ether oxygens (including phenoxy) is 1. The number of amides is 1. The van der Waals surface area contributed by atoms with Crippen molar-refractivity contribution in [1.82, 2.24) is 4.90 Å². The van der Waals surface area contributed by atoms with Gasteiger partial charge in [-0.2, -0.15) is 0 Å². The van der Waals surface area contributed by atoms with Gasteiger partial charge in [0.2, 0.25) is 0 Å². The molecule has 0 radical (unpaired) electrons. The van der Waals surface area contributed by atoms with Crippen LogP contribution in [-0.4, -0.2) is 44.8 Å². The minimum Gasteiger partial charge on any atom is -0.444 e. The fourth-order valence-corrected chi connectivity index (χ4v) is 7.26. The van der Waals surface area contributed by atoms with Crippen LogP contribution in [-0.2, 0) is 9.16 Å². The first-order valence-electron chi connectivity index (χ1n) is 11.8. The Balaban J connectivity index is 2.75. The maximum Gasteiger partial charge on any atom is 0.410 e. The van der Waals surface area contributed by atoms with Crippen molar-refractivity contribution in [3.05, 3.63) is 0 Å². The predicted molar refractivity (Wildman–Crippen MR) is 122 cm³/mol. The largest absolute Gasteiger partial charge is 0.444 e. The SMILES string of the molecule is CCCCC(CCCC)(CCCC)[SiH](C)OC1CCN(C(=O)OC(C)(C)C)C1. The highest BCUT2D eigenvalue weighted by molar-refractivity contribution is 6.54. The summed E-state index contributed by atoms with van der Waals surface area (Å²) >= 11 is 0. The molecule has 0 aromatic rings. The lowest BCUT2D eigenvalue weighted by atomic mass is 9.89. The lowest BCUT2D eigenvalue weighted by Gasteiger charge is -2.40. The molecular formula is C23H47NO3Si. The van der Waals surface area contributed by atoms with Crippen molar-refractivity contribution in [2.45, 2.75) is 129 Å². The van der Waals surface area contributed by atoms with E-state index in [4.69, 9.17) is 9.16 Å². The van der Waals surface area contributed by atoms with Crippen LogP contribution >= 0.6 is 0 Å². The van der Waals surface area contributed by atoms with Crippen molar-refractivity contribution in [3.8, 4) is 0 Å². The molecule has 2 atom stereocenters. The van der Waals surface area contributed by atoms with E-state index in [1.54, 1.807) is 0 Å². The van der Waals surface area contributed by atoms with Gasteiger partial charge in [-0.05, 0) is 58.0 Å². The summed E-state index contributed by atoms with van der Waals surface area (Å²) in [4.78, 5) is 14.2. The molecule has 0 saturated carbocycles. The molecule has 0 aromatic carbocycles. The van der Waals surface area contributed by atoms with Crippen LogP contribution < -0.4 is 0 Å². The van der Waals surface area contributed by atoms with Crippen molar-refractivity contribution in [2.24, 2.45) is 0 Å². The second-order valence-electron chi connectivity index (χ2n) is 9.79. The topological polar surface area (TPSA) is 38.8 Å². The Hall–Kier alpha value is -0.553. The van der Waals surface area contributed by atoms with Crippen LogP contribution in [0.4, 0.5) is 4.79 Å². The van der Waals surface area contributed by atoms with Crippen molar-refractivity contribution in [3.63, 3.8) is 0 Å². The molecule has 0 N–H and O–H groups in total. The molecule has 5 heteroatoms. The van der Waals surface area contributed by atoms with Crippen LogP contribution in [0.1, 0.15) is 106 Å². The fourth-order valence-electron chi connectivity index (χ4n) is 4.34. The minimum atomic E-state index is -1.38. The zero-order valence-electron chi connectivity index (χ0n) is 19.8. The Labute approximate surface area is 176 Å². The van der Waals surface area contributed by atoms with E-state index in [-0.39, 0.29) is 12.2 Å². The van der Waals surface area contributed by atoms with Gasteiger partial charge in [-0.3, -0.25) is 0 Å². The highest BCUT2D eigenvalue weighted by atomic mass is 28.3. The van der Waals surface area contributed by atoms with Gasteiger partial charge in [0, 0.05) is 13.1 Å². The molecule has 0 aromatic heterocycles. The third kappa shape index (κ3) is 8.44. The van der Waals surface area contributed by atoms with Gasteiger partial charge in [-0.25, -0.2) is 4.79 Å². The standard InChI is InChI=1S/C23H47NO3Si/c1-8-11-15-23(16-12-9-2,17-13-10-3)28(7)27-20-14-18-24(19-20)21(25)26-22(4,5)6/h20,28H,8-19H2,1-7H3. The first kappa shape index (κ1) is 25.5. The fraction of sp³-hybridized carbons (Fsp3) is 0.957. The number of carbonyl (C=O) groups excluding carboxylic acids is 1. The molecule has 1 fully saturated rings. The van der Waals surface area contributed by atoms with E-state index < -0.39 is 14.6 Å². The van der Waals surface area contributed by atoms with Crippen LogP contribution in [0, 0.1) is 0 Å². The predicted octanol–water partition coefficient (Wildman–Crippen LogP) is 6.68. The second kappa shape index (κ2) is 12.2. The van der Waals surface area contributed by atoms with E-state index in [0.29, 0.717) is 11.6 Å². The van der Waals surface area contributed by atoms with Crippen molar-refractivity contribution in [1.29, 1.82) is 0 Å². The molecule has 1 heterocycles. The summed E-state index contributed by atoms with van der Waals surface area (Å²) in [5, 5.41) is 0.418. The normalized spacial score (nSPS) is 19.1. The Morgan fingerprint density at radius 1 is 1.00 bits per heavy atom. The summed E-state index contributed by atoms with van der Waals surface area (Å²) in [5.41, 5.74) is -0.437. The molecule has 1 rings (SSSR count). The average molecular weight is 414 g/mol. The molecule has 1 saturated heterocycles. The Morgan fingerprint density at radius 3 is 1.93 bits per heavy atom. The molecule has 166 valence electrons. The average Bonchev–Trinajstić information content (AvgIpc) is 3.08. The molecule has 1 aliphatic heterocycles. The highest BCUT2D eigenvalue weighted by Gasteiger charge is 2.40. The van der Waals surface area contributed by atoms with Gasteiger partial charge >= 0.3 is 6.09 Å². The number of rotatable bonds is 12. The van der Waals surface area contributed by atoms with E-state index in [0.717, 1.165) is 13.0 Å². The maximum absolute atomic E-state index is 12.4. The summed E-state index contributed by atoms with van der Waals surface area (Å²) in [6.07, 6.45) is 12.6. The molecule has 4 nitrogen and oxygen atoms in total. The first-order valence-corrected chi connectivity index (χ1v) is 14.0. The van der Waals surface area contributed by atoms with E-state index in [1.165, 1.54) is 57.8 Å². The van der Waals surface area contributed by atoms with Gasteiger partial charge < -0.3 is 14.1 Å². The zero-order valence-corrected chi connectivity index (χ0v) is 21.0. The number of nitrogens with zero attached hydrogens (tertiary/aromatic N) is 1. The van der Waals surface area contributed by atoms with Crippen molar-refractivity contribution in [2.75, 3.05) is 13.1 Å². The van der Waals surface area contributed by atoms with Gasteiger partial charge in [0.1, 0.15) is 5.60 Å². The van der Waals surface area contributed by atoms with Gasteiger partial charge in [-0.1, -0.05) is 59.3 Å². The lowest BCUT2D eigenvalue weighted by molar-refractivity contribution is 0.0274. The van der Waals surface area contributed by atoms with Crippen LogP contribution in [0.3, 0.4) is 0 Å². The molecule has 28 heavy (non-hydrogen) atoms. The molecule has 0 aliphatic carbocycles. The first-order chi connectivity index (χ1) is 13.2. The summed E-state index contributed by atoms with van der Waals surface area (Å²) < 4.78 is 12.3. The zero-order chi connectivity index (χ0) is 21.2. The van der Waals surface area contributed by atoms with Gasteiger partial charge in [0.25, 0.3) is 0 Å². The van der Waals surface area contributed by atoms with E-state index >= 15 is 0 Å². The number of hydrogen-bond acceptors (Lipinski definition) is 3. The van der Waals surface area contributed by atoms with Crippen molar-refractivity contribution >= 4 is 15.1 Å². The van der Waals surface area contributed by atoms with Crippen LogP contribution in [0.5, 0.6) is 0 Å². The summed E-state index contributed by atoms with van der Waals surface area (Å²) in [7, 11) is -1.38. The molecule has 1 aliphatic rings. The van der Waals surface area contributed by atoms with Gasteiger partial charge in [-0.15, -0.1) is 0 Å². The van der Waals surface area contributed by atoms with Gasteiger partial charge in [0.05, 0.1) is 6.10 Å². The van der Waals surface area contributed by atoms with Crippen LogP contribution in [0.25, 0.3) is 0 Å². The lowest BCUT2D eigenvalue weighted by Crippen LogP contribution is -2.39. The molecule has 0 bridgehead atoms. The number of hydrogen-bond donors (Lipinski definition) is 0. The highest BCUT2D eigenvalue weighted by Crippen LogP contribution is 2.47. The van der Waals surface area contributed by atoms with E-state index in [1.807, 2.05) is 25.7 Å². The second-order valence-corrected chi connectivity index (χ2v) is 12.6. The molecule has 2 unspecified atom stereocenters. The monoisotopic (exact) mass is 413 g/mol. The molecule has 0 spiro atoms.